The van der Waals surface area contributed by atoms with Crippen LogP contribution < -0.4 is 0 Å². The van der Waals surface area contributed by atoms with Gasteiger partial charge in [0, 0.05) is 65.0 Å². The number of likely N-dealkylation sites (N-methyl/N-ethyl adjacent to an activating group) is 2. The smallest absolute Gasteiger partial charge is 0.410 e. The summed E-state index contributed by atoms with van der Waals surface area (Å²) in [5, 5.41) is 0. The molecule has 0 spiro atoms. The Balaban J connectivity index is 1.14. The van der Waals surface area contributed by atoms with E-state index < -0.39 is 71.6 Å². The summed E-state index contributed by atoms with van der Waals surface area (Å²) >= 11 is 0. The lowest BCUT2D eigenvalue weighted by atomic mass is 9.83. The maximum absolute atomic E-state index is 14.9. The molecule has 3 amide bonds. The maximum Gasteiger partial charge on any atom is 0.410 e. The molecular formula is C61H84FN3O10. The molecule has 3 aromatic rings. The summed E-state index contributed by atoms with van der Waals surface area (Å²) in [6.45, 7) is 18.7. The van der Waals surface area contributed by atoms with Gasteiger partial charge in [0.15, 0.2) is 5.78 Å². The highest BCUT2D eigenvalue weighted by Crippen LogP contribution is 2.50. The number of piperidine rings is 1. The van der Waals surface area contributed by atoms with E-state index in [-0.39, 0.29) is 91.3 Å². The van der Waals surface area contributed by atoms with Crippen LogP contribution in [0.3, 0.4) is 0 Å². The minimum atomic E-state index is -0.941. The van der Waals surface area contributed by atoms with E-state index in [9.17, 15) is 33.2 Å². The molecule has 13 nitrogen and oxygen atoms in total. The van der Waals surface area contributed by atoms with E-state index in [2.05, 4.69) is 24.3 Å². The second kappa shape index (κ2) is 25.1. The number of rotatable bonds is 25. The maximum atomic E-state index is 14.9. The van der Waals surface area contributed by atoms with Crippen LogP contribution in [0.25, 0.3) is 11.1 Å². The Morgan fingerprint density at radius 2 is 1.35 bits per heavy atom. The molecule has 2 aliphatic carbocycles. The van der Waals surface area contributed by atoms with Crippen LogP contribution in [0.2, 0.25) is 0 Å². The third-order valence-electron chi connectivity index (χ3n) is 16.3. The Morgan fingerprint density at radius 3 is 1.89 bits per heavy atom. The highest BCUT2D eigenvalue weighted by Gasteiger charge is 2.57. The quantitative estimate of drug-likeness (QED) is 0.0751. The van der Waals surface area contributed by atoms with Gasteiger partial charge in [-0.2, -0.15) is 0 Å². The number of amides is 3. The molecule has 1 saturated carbocycles. The summed E-state index contributed by atoms with van der Waals surface area (Å²) in [6.07, 6.45) is -0.261. The Hall–Kier alpha value is -5.47. The van der Waals surface area contributed by atoms with Crippen molar-refractivity contribution in [1.29, 1.82) is 0 Å². The minimum absolute atomic E-state index is 0.0176. The van der Waals surface area contributed by atoms with Gasteiger partial charge in [0.05, 0.1) is 42.7 Å². The largest absolute Gasteiger partial charge is 0.460 e. The Morgan fingerprint density at radius 1 is 0.747 bits per heavy atom. The molecule has 0 N–H and O–H groups in total. The number of fused-ring (bicyclic) bond motifs is 4. The zero-order chi connectivity index (χ0) is 55.2. The lowest BCUT2D eigenvalue weighted by Crippen LogP contribution is -2.55. The summed E-state index contributed by atoms with van der Waals surface area (Å²) in [7, 11) is 6.38. The SMILES string of the molecule is CC[C@H](C)[C@@H]([C@@H](CC(=O)N1[C@H]2C[C@H]2C[C@H]1[C@H](OC)[C@@H](C)C(=O)C[C@@H](Cc1ccccc1F)C(=O)OC(C)(C)C)OC)N(C)C(=O)[C@@H](CC(=O)[C@H](C(C)C)N(C)C(=O)OCC1c2ccccc2-c2ccccc21)C(C)C. The fraction of sp³-hybridized carbons (Fsp3) is 0.607. The molecular weight excluding hydrogens is 954 g/mol. The van der Waals surface area contributed by atoms with Crippen molar-refractivity contribution in [3.63, 3.8) is 0 Å². The third kappa shape index (κ3) is 13.6. The van der Waals surface area contributed by atoms with Crippen molar-refractivity contribution in [3.05, 3.63) is 95.3 Å². The van der Waals surface area contributed by atoms with Gasteiger partial charge < -0.3 is 33.6 Å². The number of benzene rings is 3. The van der Waals surface area contributed by atoms with Gasteiger partial charge in [0.2, 0.25) is 11.8 Å². The number of esters is 1. The molecule has 0 aromatic heterocycles. The molecule has 75 heavy (non-hydrogen) atoms. The summed E-state index contributed by atoms with van der Waals surface area (Å²) in [5.74, 6) is -4.93. The van der Waals surface area contributed by atoms with Crippen molar-refractivity contribution in [2.24, 2.45) is 41.4 Å². The van der Waals surface area contributed by atoms with Gasteiger partial charge in [-0.1, -0.05) is 122 Å². The molecule has 1 saturated heterocycles. The summed E-state index contributed by atoms with van der Waals surface area (Å²) < 4.78 is 38.8. The van der Waals surface area contributed by atoms with Gasteiger partial charge >= 0.3 is 12.1 Å². The van der Waals surface area contributed by atoms with E-state index in [0.29, 0.717) is 18.4 Å². The summed E-state index contributed by atoms with van der Waals surface area (Å²) in [4.78, 5) is 90.7. The van der Waals surface area contributed by atoms with E-state index in [4.69, 9.17) is 18.9 Å². The van der Waals surface area contributed by atoms with Crippen molar-refractivity contribution in [3.8, 4) is 11.1 Å². The lowest BCUT2D eigenvalue weighted by molar-refractivity contribution is -0.161. The first-order valence-corrected chi connectivity index (χ1v) is 27.2. The second-order valence-electron chi connectivity index (χ2n) is 23.3. The monoisotopic (exact) mass is 1040 g/mol. The number of halogens is 1. The summed E-state index contributed by atoms with van der Waals surface area (Å²) in [6, 6.07) is 20.5. The lowest BCUT2D eigenvalue weighted by Gasteiger charge is -2.41. The molecule has 2 fully saturated rings. The van der Waals surface area contributed by atoms with Crippen molar-refractivity contribution in [1.82, 2.24) is 14.7 Å². The first-order valence-electron chi connectivity index (χ1n) is 27.2. The number of hydrogen-bond donors (Lipinski definition) is 0. The van der Waals surface area contributed by atoms with Crippen LogP contribution in [0.15, 0.2) is 72.8 Å². The molecule has 14 heteroatoms. The predicted octanol–water partition coefficient (Wildman–Crippen LogP) is 10.3. The molecule has 1 aliphatic heterocycles. The number of carbonyl (C=O) groups excluding carboxylic acids is 6. The highest BCUT2D eigenvalue weighted by atomic mass is 19.1. The minimum Gasteiger partial charge on any atom is -0.460 e. The first-order chi connectivity index (χ1) is 35.4. The Labute approximate surface area is 445 Å². The number of carbonyl (C=O) groups is 6. The van der Waals surface area contributed by atoms with Crippen LogP contribution in [-0.4, -0.2) is 127 Å². The van der Waals surface area contributed by atoms with Gasteiger partial charge in [-0.05, 0) is 97.6 Å². The molecule has 1 heterocycles. The second-order valence-corrected chi connectivity index (χ2v) is 23.3. The van der Waals surface area contributed by atoms with E-state index >= 15 is 0 Å². The molecule has 0 radical (unpaired) electrons. The van der Waals surface area contributed by atoms with Crippen LogP contribution in [0, 0.1) is 47.2 Å². The van der Waals surface area contributed by atoms with Crippen LogP contribution in [-0.2, 0) is 49.3 Å². The average Bonchev–Trinajstić information content (AvgIpc) is 3.91. The molecule has 3 aromatic carbocycles. The van der Waals surface area contributed by atoms with E-state index in [1.54, 1.807) is 72.0 Å². The number of hydrogen-bond acceptors (Lipinski definition) is 10. The highest BCUT2D eigenvalue weighted by molar-refractivity contribution is 5.92. The molecule has 410 valence electrons. The van der Waals surface area contributed by atoms with E-state index in [1.165, 1.54) is 18.1 Å². The number of methoxy groups -OCH3 is 2. The number of Topliss-reactive ketones (excluding diaryl/α,β-unsaturated/α-hetero) is 2. The van der Waals surface area contributed by atoms with Crippen LogP contribution >= 0.6 is 0 Å². The van der Waals surface area contributed by atoms with Gasteiger partial charge in [0.1, 0.15) is 23.8 Å². The molecule has 6 rings (SSSR count). The molecule has 0 unspecified atom stereocenters. The van der Waals surface area contributed by atoms with E-state index in [1.807, 2.05) is 70.7 Å². The van der Waals surface area contributed by atoms with Crippen molar-refractivity contribution in [2.45, 2.75) is 162 Å². The Kier molecular flexibility index (Phi) is 19.7. The van der Waals surface area contributed by atoms with Crippen molar-refractivity contribution >= 4 is 35.4 Å². The average molecular weight is 1040 g/mol. The zero-order valence-corrected chi connectivity index (χ0v) is 47.0. The van der Waals surface area contributed by atoms with Crippen molar-refractivity contribution < 1.29 is 52.1 Å². The number of ether oxygens (including phenoxy) is 4. The van der Waals surface area contributed by atoms with Crippen LogP contribution in [0.1, 0.15) is 130 Å². The fourth-order valence-corrected chi connectivity index (χ4v) is 12.1. The van der Waals surface area contributed by atoms with E-state index in [0.717, 1.165) is 28.7 Å². The van der Waals surface area contributed by atoms with Crippen molar-refractivity contribution in [2.75, 3.05) is 34.9 Å². The van der Waals surface area contributed by atoms with Crippen LogP contribution in [0.5, 0.6) is 0 Å². The van der Waals surface area contributed by atoms with Gasteiger partial charge in [-0.15, -0.1) is 0 Å². The number of ketones is 2. The molecule has 0 bridgehead atoms. The Bertz CT molecular complexity index is 2460. The normalized spacial score (nSPS) is 20.2. The van der Waals surface area contributed by atoms with Crippen LogP contribution in [0.4, 0.5) is 9.18 Å². The topological polar surface area (TPSA) is 149 Å². The summed E-state index contributed by atoms with van der Waals surface area (Å²) in [5.41, 5.74) is 3.89. The van der Waals surface area contributed by atoms with Gasteiger partial charge in [0.25, 0.3) is 0 Å². The zero-order valence-electron chi connectivity index (χ0n) is 47.0. The van der Waals surface area contributed by atoms with Gasteiger partial charge in [-0.3, -0.25) is 24.0 Å². The number of nitrogens with zero attached hydrogens (tertiary/aromatic N) is 3. The fourth-order valence-electron chi connectivity index (χ4n) is 12.1. The van der Waals surface area contributed by atoms with Gasteiger partial charge in [-0.25, -0.2) is 9.18 Å². The predicted molar refractivity (Wildman–Crippen MR) is 287 cm³/mol. The standard InChI is InChI=1S/C61H84FN3O10/c1-15-37(6)56(63(11)58(69)46(35(2)3)32-52(67)55(36(4)5)64(12)60(71)74-34-47-44-25-19-17-23-42(44)43-24-18-20-26-45(43)47)53(72-13)33-54(68)65-49-29-40(49)30-50(65)57(73-14)38(7)51(66)31-41(59(70)75-61(8,9)10)28-39-22-16-21-27-48(39)62/h16-27,35-38,40-41,46-47,49-50,53,55-57H,15,28-34H2,1-14H3/t37-,38-,40-,41+,46-,49-,50-,53+,55-,56-,57+/m0/s1. The number of likely N-dealkylation sites (tertiary alicyclic amines) is 1. The molecule has 11 atom stereocenters. The third-order valence-corrected chi connectivity index (χ3v) is 16.3. The first kappa shape index (κ1) is 58.8. The molecule has 3 aliphatic rings.